The number of halogens is 3. The van der Waals surface area contributed by atoms with E-state index in [-0.39, 0.29) is 49.9 Å². The molecule has 10 heteroatoms. The Labute approximate surface area is 189 Å². The first-order valence-electron chi connectivity index (χ1n) is 11.4. The summed E-state index contributed by atoms with van der Waals surface area (Å²) in [7, 11) is 0. The van der Waals surface area contributed by atoms with Gasteiger partial charge in [0.25, 0.3) is 5.91 Å². The third kappa shape index (κ3) is 3.24. The van der Waals surface area contributed by atoms with Gasteiger partial charge in [-0.3, -0.25) is 15.0 Å². The molecule has 5 atom stereocenters. The zero-order valence-corrected chi connectivity index (χ0v) is 18.3. The van der Waals surface area contributed by atoms with Gasteiger partial charge in [-0.25, -0.2) is 4.79 Å². The molecule has 1 aromatic rings. The fourth-order valence-corrected chi connectivity index (χ4v) is 7.18. The van der Waals surface area contributed by atoms with Crippen molar-refractivity contribution in [2.45, 2.75) is 74.2 Å². The van der Waals surface area contributed by atoms with Crippen molar-refractivity contribution in [2.24, 2.45) is 5.92 Å². The fraction of sp³-hybridized carbons (Fsp3) is 0.652. The molecule has 0 radical (unpaired) electrons. The molecule has 2 aliphatic heterocycles. The molecule has 2 unspecified atom stereocenters. The largest absolute Gasteiger partial charge is 0.508 e. The van der Waals surface area contributed by atoms with Crippen LogP contribution in [-0.2, 0) is 10.2 Å². The van der Waals surface area contributed by atoms with Crippen LogP contribution in [0, 0.1) is 12.8 Å². The number of hydrogen-bond acceptors (Lipinski definition) is 5. The van der Waals surface area contributed by atoms with Crippen LogP contribution in [0.5, 0.6) is 5.75 Å². The van der Waals surface area contributed by atoms with Crippen LogP contribution in [0.4, 0.5) is 18.0 Å². The van der Waals surface area contributed by atoms with E-state index >= 15 is 0 Å². The maximum Gasteiger partial charge on any atom is 0.389 e. The van der Waals surface area contributed by atoms with Crippen LogP contribution in [0.15, 0.2) is 18.2 Å². The van der Waals surface area contributed by atoms with Crippen LogP contribution in [0.25, 0.3) is 0 Å². The van der Waals surface area contributed by atoms with Gasteiger partial charge in [-0.1, -0.05) is 6.07 Å². The van der Waals surface area contributed by atoms with Gasteiger partial charge >= 0.3 is 12.2 Å². The third-order valence-electron chi connectivity index (χ3n) is 8.43. The lowest BCUT2D eigenvalue weighted by atomic mass is 9.55. The monoisotopic (exact) mass is 467 g/mol. The molecule has 180 valence electrons. The van der Waals surface area contributed by atoms with Gasteiger partial charge in [-0.05, 0) is 74.8 Å². The van der Waals surface area contributed by atoms with Crippen molar-refractivity contribution in [3.8, 4) is 5.75 Å². The van der Waals surface area contributed by atoms with Crippen molar-refractivity contribution in [3.63, 3.8) is 0 Å². The number of hydrogen-bond donors (Lipinski definition) is 4. The first-order chi connectivity index (χ1) is 15.4. The number of fused-ring (bicyclic) bond motifs is 3. The molecule has 1 spiro atoms. The topological polar surface area (TPSA) is 102 Å². The van der Waals surface area contributed by atoms with E-state index in [0.717, 1.165) is 11.1 Å². The van der Waals surface area contributed by atoms with E-state index in [1.54, 1.807) is 18.2 Å². The van der Waals surface area contributed by atoms with E-state index in [1.165, 1.54) is 0 Å². The van der Waals surface area contributed by atoms with Gasteiger partial charge in [0.05, 0.1) is 5.60 Å². The maximum atomic E-state index is 12.8. The van der Waals surface area contributed by atoms with Gasteiger partial charge in [-0.2, -0.15) is 13.2 Å². The highest BCUT2D eigenvalue weighted by Gasteiger charge is 2.73. The van der Waals surface area contributed by atoms with Gasteiger partial charge < -0.3 is 15.5 Å². The Bertz CT molecular complexity index is 1020. The Morgan fingerprint density at radius 3 is 2.67 bits per heavy atom. The van der Waals surface area contributed by atoms with Crippen LogP contribution in [0.2, 0.25) is 0 Å². The summed E-state index contributed by atoms with van der Waals surface area (Å²) in [4.78, 5) is 26.8. The summed E-state index contributed by atoms with van der Waals surface area (Å²) < 4.78 is 38.0. The number of phenolic OH excluding ortho intramolecular Hbond substituents is 1. The predicted octanol–water partition coefficient (Wildman–Crippen LogP) is 2.48. The molecule has 2 saturated heterocycles. The van der Waals surface area contributed by atoms with E-state index in [2.05, 4.69) is 10.6 Å². The highest BCUT2D eigenvalue weighted by atomic mass is 19.4. The molecule has 4 aliphatic rings. The van der Waals surface area contributed by atoms with Crippen molar-refractivity contribution < 1.29 is 33.0 Å². The number of carbonyl (C=O) groups is 2. The summed E-state index contributed by atoms with van der Waals surface area (Å²) in [6.07, 6.45) is -3.98. The van der Waals surface area contributed by atoms with E-state index in [4.69, 9.17) is 0 Å². The van der Waals surface area contributed by atoms with Crippen molar-refractivity contribution in [1.29, 1.82) is 0 Å². The van der Waals surface area contributed by atoms with Gasteiger partial charge in [0.2, 0.25) is 0 Å². The fourth-order valence-electron chi connectivity index (χ4n) is 7.18. The second kappa shape index (κ2) is 7.09. The number of rotatable bonds is 4. The Morgan fingerprint density at radius 1 is 1.24 bits per heavy atom. The van der Waals surface area contributed by atoms with E-state index in [1.807, 2.05) is 11.8 Å². The molecule has 33 heavy (non-hydrogen) atoms. The van der Waals surface area contributed by atoms with Gasteiger partial charge in [0.15, 0.2) is 0 Å². The van der Waals surface area contributed by atoms with Crippen LogP contribution in [0.1, 0.15) is 49.7 Å². The number of amides is 3. The molecule has 4 N–H and O–H groups in total. The molecule has 7 nitrogen and oxygen atoms in total. The van der Waals surface area contributed by atoms with Gasteiger partial charge in [0, 0.05) is 24.4 Å². The minimum atomic E-state index is -4.22. The zero-order valence-electron chi connectivity index (χ0n) is 18.3. The summed E-state index contributed by atoms with van der Waals surface area (Å²) in [5.74, 6) is -0.334. The zero-order chi connectivity index (χ0) is 23.8. The van der Waals surface area contributed by atoms with Crippen molar-refractivity contribution >= 4 is 11.9 Å². The standard InChI is InChI=1S/C23H28F3N3O4/c1-13-3-4-15(30)9-16(13)20-10-14-11-29(8-2-5-23(24,25)26)17(14)22(20,33)7-6-21(12-20)18(31)27-19(32)28-21/h3-4,9,14,17,30,33H,2,5-8,10-12H2,1H3,(H2,27,28,31,32)/t14?,17-,20?,21+,22-/m1/s1. The van der Waals surface area contributed by atoms with Gasteiger partial charge in [-0.15, -0.1) is 0 Å². The van der Waals surface area contributed by atoms with Crippen molar-refractivity contribution in [3.05, 3.63) is 29.3 Å². The Kier molecular flexibility index (Phi) is 4.82. The highest BCUT2D eigenvalue weighted by Crippen LogP contribution is 2.65. The number of likely N-dealkylation sites (tertiary alicyclic amines) is 1. The molecular formula is C23H28F3N3O4. The first kappa shape index (κ1) is 22.5. The molecule has 4 fully saturated rings. The van der Waals surface area contributed by atoms with Crippen molar-refractivity contribution in [2.75, 3.05) is 13.1 Å². The summed E-state index contributed by atoms with van der Waals surface area (Å²) in [6, 6.07) is 4.04. The average molecular weight is 467 g/mol. The number of nitrogens with zero attached hydrogens (tertiary/aromatic N) is 1. The number of urea groups is 1. The number of carbonyl (C=O) groups excluding carboxylic acids is 2. The summed E-state index contributed by atoms with van der Waals surface area (Å²) in [5, 5.41) is 27.6. The summed E-state index contributed by atoms with van der Waals surface area (Å²) in [6.45, 7) is 2.69. The van der Waals surface area contributed by atoms with Crippen LogP contribution < -0.4 is 10.6 Å². The van der Waals surface area contributed by atoms with E-state index in [0.29, 0.717) is 13.0 Å². The normalized spacial score (nSPS) is 38.0. The summed E-state index contributed by atoms with van der Waals surface area (Å²) in [5.41, 5.74) is -1.82. The average Bonchev–Trinajstić information content (AvgIpc) is 3.07. The van der Waals surface area contributed by atoms with Crippen LogP contribution >= 0.6 is 0 Å². The summed E-state index contributed by atoms with van der Waals surface area (Å²) >= 11 is 0. The number of alkyl halides is 3. The number of benzene rings is 1. The second-order valence-corrected chi connectivity index (χ2v) is 10.3. The lowest BCUT2D eigenvalue weighted by Gasteiger charge is -2.57. The molecule has 0 aromatic heterocycles. The van der Waals surface area contributed by atoms with Gasteiger partial charge in [0.1, 0.15) is 11.3 Å². The number of phenols is 1. The number of nitrogens with one attached hydrogen (secondary N) is 2. The quantitative estimate of drug-likeness (QED) is 0.510. The molecule has 2 aliphatic carbocycles. The van der Waals surface area contributed by atoms with E-state index in [9.17, 15) is 33.0 Å². The molecule has 0 bridgehead atoms. The number of aromatic hydroxyl groups is 1. The SMILES string of the molecule is Cc1ccc(O)cc1C12CC3CN(CCCC(F)(F)F)[C@H]3[C@]1(O)CC[C@@]1(C2)NC(=O)NC1=O. The second-order valence-electron chi connectivity index (χ2n) is 10.3. The molecule has 3 amide bonds. The first-order valence-corrected chi connectivity index (χ1v) is 11.4. The Balaban J connectivity index is 1.53. The number of aliphatic hydroxyl groups is 1. The smallest absolute Gasteiger partial charge is 0.389 e. The lowest BCUT2D eigenvalue weighted by Crippen LogP contribution is -2.70. The molecule has 2 saturated carbocycles. The molecular weight excluding hydrogens is 439 g/mol. The van der Waals surface area contributed by atoms with Crippen LogP contribution in [0.3, 0.4) is 0 Å². The minimum absolute atomic E-state index is 0.0353. The molecule has 1 aromatic carbocycles. The number of aryl methyl sites for hydroxylation is 1. The maximum absolute atomic E-state index is 12.8. The Morgan fingerprint density at radius 2 is 2.00 bits per heavy atom. The predicted molar refractivity (Wildman–Crippen MR) is 111 cm³/mol. The Hall–Kier alpha value is -2.33. The number of imide groups is 1. The molecule has 5 rings (SSSR count). The lowest BCUT2D eigenvalue weighted by molar-refractivity contribution is -0.153. The van der Waals surface area contributed by atoms with E-state index < -0.39 is 41.1 Å². The molecule has 2 heterocycles. The highest BCUT2D eigenvalue weighted by molar-refractivity contribution is 6.07. The van der Waals surface area contributed by atoms with Crippen LogP contribution in [-0.4, -0.2) is 63.5 Å². The minimum Gasteiger partial charge on any atom is -0.508 e. The van der Waals surface area contributed by atoms with Crippen molar-refractivity contribution in [1.82, 2.24) is 15.5 Å². The third-order valence-corrected chi connectivity index (χ3v) is 8.43.